The fourth-order valence-corrected chi connectivity index (χ4v) is 6.10. The van der Waals surface area contributed by atoms with Crippen LogP contribution in [-0.2, 0) is 24.7 Å². The lowest BCUT2D eigenvalue weighted by Gasteiger charge is -2.27. The van der Waals surface area contributed by atoms with Crippen molar-refractivity contribution in [1.29, 1.82) is 0 Å². The minimum Gasteiger partial charge on any atom is -0.480 e. The Kier molecular flexibility index (Phi) is 5.16. The Morgan fingerprint density at radius 3 is 2.26 bits per heavy atom. The minimum absolute atomic E-state index is 0.182. The van der Waals surface area contributed by atoms with E-state index in [9.17, 15) is 26.7 Å². The first-order valence-electron chi connectivity index (χ1n) is 6.40. The van der Waals surface area contributed by atoms with Gasteiger partial charge in [0.05, 0.1) is 28.5 Å². The van der Waals surface area contributed by atoms with Gasteiger partial charge in [0.15, 0.2) is 9.84 Å². The van der Waals surface area contributed by atoms with Crippen LogP contribution in [0.3, 0.4) is 0 Å². The summed E-state index contributed by atoms with van der Waals surface area (Å²) in [7, 11) is -7.90. The van der Waals surface area contributed by atoms with E-state index in [1.165, 1.54) is 24.3 Å². The zero-order valence-corrected chi connectivity index (χ0v) is 14.9. The minimum atomic E-state index is -4.27. The van der Waals surface area contributed by atoms with Crippen LogP contribution in [0.2, 0.25) is 0 Å². The lowest BCUT2D eigenvalue weighted by molar-refractivity contribution is -0.137. The van der Waals surface area contributed by atoms with Gasteiger partial charge in [-0.15, -0.1) is 0 Å². The number of hydrogen-bond donors (Lipinski definition) is 2. The first-order chi connectivity index (χ1) is 10.5. The fraction of sp³-hybridized carbons (Fsp3) is 0.417. The number of sulfonamides is 1. The highest BCUT2D eigenvalue weighted by Crippen LogP contribution is 2.26. The van der Waals surface area contributed by atoms with E-state index in [-0.39, 0.29) is 4.90 Å². The van der Waals surface area contributed by atoms with Gasteiger partial charge in [0.25, 0.3) is 0 Å². The third-order valence-corrected chi connectivity index (χ3v) is 7.49. The molecule has 11 heteroatoms. The van der Waals surface area contributed by atoms with Gasteiger partial charge in [0.2, 0.25) is 10.0 Å². The molecule has 0 amide bonds. The summed E-state index contributed by atoms with van der Waals surface area (Å²) < 4.78 is 49.7. The van der Waals surface area contributed by atoms with E-state index in [1.807, 2.05) is 0 Å². The van der Waals surface area contributed by atoms with Crippen molar-refractivity contribution < 1.29 is 31.8 Å². The highest BCUT2D eigenvalue weighted by Gasteiger charge is 2.45. The summed E-state index contributed by atoms with van der Waals surface area (Å²) >= 11 is 3.16. The fourth-order valence-electron chi connectivity index (χ4n) is 2.34. The van der Waals surface area contributed by atoms with Crippen molar-refractivity contribution in [3.8, 4) is 0 Å². The van der Waals surface area contributed by atoms with Gasteiger partial charge in [-0.3, -0.25) is 4.79 Å². The number of halogens is 1. The van der Waals surface area contributed by atoms with Crippen molar-refractivity contribution >= 4 is 41.8 Å². The predicted octanol–water partition coefficient (Wildman–Crippen LogP) is -0.318. The van der Waals surface area contributed by atoms with Gasteiger partial charge in [0, 0.05) is 4.47 Å². The van der Waals surface area contributed by atoms with Crippen LogP contribution in [0.1, 0.15) is 0 Å². The van der Waals surface area contributed by atoms with Gasteiger partial charge in [-0.05, 0) is 24.3 Å². The zero-order valence-electron chi connectivity index (χ0n) is 11.7. The number of carboxylic acids is 1. The Hall–Kier alpha value is -1.01. The molecule has 0 spiro atoms. The third kappa shape index (κ3) is 4.10. The van der Waals surface area contributed by atoms with Gasteiger partial charge >= 0.3 is 5.97 Å². The van der Waals surface area contributed by atoms with Gasteiger partial charge < -0.3 is 10.2 Å². The predicted molar refractivity (Wildman–Crippen MR) is 84.1 cm³/mol. The van der Waals surface area contributed by atoms with Gasteiger partial charge in [0.1, 0.15) is 6.54 Å². The van der Waals surface area contributed by atoms with Gasteiger partial charge in [-0.25, -0.2) is 16.8 Å². The summed E-state index contributed by atoms with van der Waals surface area (Å²) in [6.45, 7) is -0.935. The molecule has 0 unspecified atom stereocenters. The van der Waals surface area contributed by atoms with E-state index in [2.05, 4.69) is 15.9 Å². The van der Waals surface area contributed by atoms with E-state index >= 15 is 0 Å². The van der Waals surface area contributed by atoms with Crippen molar-refractivity contribution in [3.63, 3.8) is 0 Å². The van der Waals surface area contributed by atoms with Gasteiger partial charge in [-0.2, -0.15) is 4.31 Å². The highest BCUT2D eigenvalue weighted by atomic mass is 79.9. The van der Waals surface area contributed by atoms with Crippen molar-refractivity contribution in [1.82, 2.24) is 4.31 Å². The van der Waals surface area contributed by atoms with Crippen molar-refractivity contribution in [2.75, 3.05) is 18.1 Å². The average Bonchev–Trinajstić information content (AvgIpc) is 2.69. The first-order valence-corrected chi connectivity index (χ1v) is 10.5. The monoisotopic (exact) mass is 427 g/mol. The summed E-state index contributed by atoms with van der Waals surface area (Å²) in [6.07, 6.45) is -1.47. The Morgan fingerprint density at radius 2 is 1.83 bits per heavy atom. The van der Waals surface area contributed by atoms with Crippen molar-refractivity contribution in [3.05, 3.63) is 28.7 Å². The molecule has 1 heterocycles. The maximum absolute atomic E-state index is 12.7. The second kappa shape index (κ2) is 6.48. The summed E-state index contributed by atoms with van der Waals surface area (Å²) in [5.74, 6) is -2.65. The summed E-state index contributed by atoms with van der Waals surface area (Å²) in [6, 6.07) is 4.14. The van der Waals surface area contributed by atoms with E-state index < -0.39 is 56.0 Å². The molecule has 8 nitrogen and oxygen atoms in total. The molecule has 0 radical (unpaired) electrons. The molecule has 1 aromatic carbocycles. The van der Waals surface area contributed by atoms with Crippen LogP contribution in [0, 0.1) is 0 Å². The van der Waals surface area contributed by atoms with E-state index in [0.29, 0.717) is 8.78 Å². The van der Waals surface area contributed by atoms with Crippen LogP contribution >= 0.6 is 15.9 Å². The smallest absolute Gasteiger partial charge is 0.318 e. The molecule has 0 aromatic heterocycles. The number of aliphatic hydroxyl groups is 1. The highest BCUT2D eigenvalue weighted by molar-refractivity contribution is 9.10. The van der Waals surface area contributed by atoms with Crippen LogP contribution in [-0.4, -0.2) is 67.5 Å². The van der Waals surface area contributed by atoms with E-state index in [4.69, 9.17) is 5.11 Å². The molecule has 1 saturated heterocycles. The Bertz CT molecular complexity index is 804. The zero-order chi connectivity index (χ0) is 17.4. The summed E-state index contributed by atoms with van der Waals surface area (Å²) in [5.41, 5.74) is 0. The second-order valence-corrected chi connectivity index (χ2v) is 10.1. The molecule has 1 fully saturated rings. The SMILES string of the molecule is O=C(O)CN([C@H]1CS(=O)(=O)C[C@@H]1O)S(=O)(=O)c1ccc(Br)cc1. The lowest BCUT2D eigenvalue weighted by Crippen LogP contribution is -2.48. The van der Waals surface area contributed by atoms with Crippen molar-refractivity contribution in [2.24, 2.45) is 0 Å². The standard InChI is InChI=1S/C12H14BrNO7S2/c13-8-1-3-9(4-2-8)23(20,21)14(5-12(16)17)10-6-22(18,19)7-11(10)15/h1-4,10-11,15H,5-7H2,(H,16,17)/t10-,11-/m0/s1. The number of aliphatic carboxylic acids is 1. The van der Waals surface area contributed by atoms with E-state index in [0.717, 1.165) is 0 Å². The quantitative estimate of drug-likeness (QED) is 0.658. The number of carbonyl (C=O) groups is 1. The molecular weight excluding hydrogens is 414 g/mol. The molecule has 1 aliphatic rings. The molecule has 1 aromatic rings. The first kappa shape index (κ1) is 18.3. The number of hydrogen-bond acceptors (Lipinski definition) is 6. The molecule has 0 bridgehead atoms. The molecule has 2 N–H and O–H groups in total. The summed E-state index contributed by atoms with van der Waals surface area (Å²) in [4.78, 5) is 10.8. The van der Waals surface area contributed by atoms with Crippen LogP contribution in [0.15, 0.2) is 33.6 Å². The molecular formula is C12H14BrNO7S2. The van der Waals surface area contributed by atoms with Crippen LogP contribution in [0.5, 0.6) is 0 Å². The summed E-state index contributed by atoms with van der Waals surface area (Å²) in [5, 5.41) is 18.8. The number of rotatable bonds is 5. The largest absolute Gasteiger partial charge is 0.480 e. The molecule has 0 aliphatic carbocycles. The Labute approximate surface area is 141 Å². The molecule has 23 heavy (non-hydrogen) atoms. The molecule has 1 aliphatic heterocycles. The Balaban J connectivity index is 2.46. The topological polar surface area (TPSA) is 129 Å². The second-order valence-electron chi connectivity index (χ2n) is 5.11. The van der Waals surface area contributed by atoms with Crippen LogP contribution in [0.25, 0.3) is 0 Å². The lowest BCUT2D eigenvalue weighted by atomic mass is 10.2. The average molecular weight is 428 g/mol. The van der Waals surface area contributed by atoms with Crippen LogP contribution in [0.4, 0.5) is 0 Å². The molecule has 2 atom stereocenters. The van der Waals surface area contributed by atoms with Gasteiger partial charge in [-0.1, -0.05) is 15.9 Å². The number of benzene rings is 1. The Morgan fingerprint density at radius 1 is 1.26 bits per heavy atom. The molecule has 0 saturated carbocycles. The number of sulfone groups is 1. The van der Waals surface area contributed by atoms with Crippen molar-refractivity contribution in [2.45, 2.75) is 17.0 Å². The third-order valence-electron chi connectivity index (χ3n) is 3.37. The maximum Gasteiger partial charge on any atom is 0.318 e. The number of aliphatic hydroxyl groups excluding tert-OH is 1. The molecule has 128 valence electrons. The molecule has 2 rings (SSSR count). The van der Waals surface area contributed by atoms with Crippen LogP contribution < -0.4 is 0 Å². The normalized spacial score (nSPS) is 24.0. The number of carboxylic acid groups (broad SMARTS) is 1. The maximum atomic E-state index is 12.7. The van der Waals surface area contributed by atoms with E-state index in [1.54, 1.807) is 0 Å². The number of nitrogens with zero attached hydrogens (tertiary/aromatic N) is 1.